The van der Waals surface area contributed by atoms with E-state index >= 15 is 0 Å². The van der Waals surface area contributed by atoms with Crippen LogP contribution in [0.5, 0.6) is 28.7 Å². The van der Waals surface area contributed by atoms with Gasteiger partial charge in [-0.25, -0.2) is 0 Å². The minimum Gasteiger partial charge on any atom is -0.507 e. The second kappa shape index (κ2) is 10.2. The highest BCUT2D eigenvalue weighted by Gasteiger charge is 2.39. The molecule has 1 heterocycles. The molecule has 3 N–H and O–H groups in total. The van der Waals surface area contributed by atoms with Crippen molar-refractivity contribution in [2.24, 2.45) is 0 Å². The highest BCUT2D eigenvalue weighted by atomic mass is 16.5. The Morgan fingerprint density at radius 1 is 0.842 bits per heavy atom. The molecule has 0 radical (unpaired) electrons. The van der Waals surface area contributed by atoms with Crippen molar-refractivity contribution in [3.8, 4) is 28.7 Å². The summed E-state index contributed by atoms with van der Waals surface area (Å²) in [6.07, 6.45) is 11.3. The van der Waals surface area contributed by atoms with Crippen molar-refractivity contribution >= 4 is 5.78 Å². The highest BCUT2D eigenvalue weighted by molar-refractivity contribution is 6.04. The van der Waals surface area contributed by atoms with Crippen LogP contribution in [0.3, 0.4) is 0 Å². The Hall–Kier alpha value is -4.33. The van der Waals surface area contributed by atoms with Crippen molar-refractivity contribution in [1.29, 1.82) is 0 Å². The lowest BCUT2D eigenvalue weighted by atomic mass is 9.80. The van der Waals surface area contributed by atoms with E-state index in [1.165, 1.54) is 13.2 Å². The van der Waals surface area contributed by atoms with Gasteiger partial charge in [-0.15, -0.1) is 0 Å². The fourth-order valence-electron chi connectivity index (χ4n) is 5.30. The number of methoxy groups -OCH3 is 3. The molecule has 3 atom stereocenters. The number of rotatable bonds is 6. The fourth-order valence-corrected chi connectivity index (χ4v) is 5.30. The summed E-state index contributed by atoms with van der Waals surface area (Å²) in [4.78, 5) is 13.6. The van der Waals surface area contributed by atoms with Gasteiger partial charge in [0, 0.05) is 23.0 Å². The zero-order valence-corrected chi connectivity index (χ0v) is 21.4. The molecule has 0 spiro atoms. The summed E-state index contributed by atoms with van der Waals surface area (Å²) in [5, 5.41) is 33.3. The maximum Gasteiger partial charge on any atom is 0.174 e. The first-order valence-corrected chi connectivity index (χ1v) is 12.4. The summed E-state index contributed by atoms with van der Waals surface area (Å²) in [6, 6.07) is 4.82. The Morgan fingerprint density at radius 3 is 2.00 bits per heavy atom. The average molecular weight is 519 g/mol. The van der Waals surface area contributed by atoms with E-state index in [0.717, 1.165) is 0 Å². The molecule has 8 heteroatoms. The molecular formula is C30H30O8. The number of allylic oxidation sites excluding steroid dienone is 6. The number of hydrogen-bond donors (Lipinski definition) is 3. The minimum absolute atomic E-state index is 0.0432. The van der Waals surface area contributed by atoms with Gasteiger partial charge in [0.1, 0.15) is 40.4 Å². The van der Waals surface area contributed by atoms with Crippen LogP contribution in [0.1, 0.15) is 64.3 Å². The molecule has 5 rings (SSSR count). The summed E-state index contributed by atoms with van der Waals surface area (Å²) < 4.78 is 22.1. The smallest absolute Gasteiger partial charge is 0.174 e. The maximum absolute atomic E-state index is 13.6. The number of aromatic hydroxyl groups is 3. The Morgan fingerprint density at radius 2 is 1.47 bits per heavy atom. The molecule has 3 aliphatic rings. The van der Waals surface area contributed by atoms with Gasteiger partial charge < -0.3 is 34.3 Å². The zero-order chi connectivity index (χ0) is 27.0. The molecule has 2 aromatic carbocycles. The molecule has 38 heavy (non-hydrogen) atoms. The Kier molecular flexibility index (Phi) is 6.80. The van der Waals surface area contributed by atoms with Gasteiger partial charge in [0.2, 0.25) is 0 Å². The summed E-state index contributed by atoms with van der Waals surface area (Å²) in [6.45, 7) is 0. The summed E-state index contributed by atoms with van der Waals surface area (Å²) in [7, 11) is 4.62. The molecule has 0 amide bonds. The zero-order valence-electron chi connectivity index (χ0n) is 21.4. The molecule has 0 fully saturated rings. The van der Waals surface area contributed by atoms with Crippen LogP contribution in [-0.4, -0.2) is 42.4 Å². The molecule has 0 aromatic heterocycles. The van der Waals surface area contributed by atoms with E-state index < -0.39 is 6.10 Å². The molecule has 1 aliphatic heterocycles. The first-order chi connectivity index (χ1) is 18.4. The van der Waals surface area contributed by atoms with Crippen molar-refractivity contribution in [3.05, 3.63) is 88.4 Å². The Balaban J connectivity index is 1.64. The van der Waals surface area contributed by atoms with Gasteiger partial charge >= 0.3 is 0 Å². The number of ether oxygens (including phenoxy) is 4. The predicted octanol–water partition coefficient (Wildman–Crippen LogP) is 5.67. The van der Waals surface area contributed by atoms with E-state index in [-0.39, 0.29) is 58.2 Å². The van der Waals surface area contributed by atoms with Crippen LogP contribution >= 0.6 is 0 Å². The van der Waals surface area contributed by atoms with Gasteiger partial charge in [-0.2, -0.15) is 0 Å². The third kappa shape index (κ3) is 4.36. The molecule has 0 saturated heterocycles. The Bertz CT molecular complexity index is 1400. The number of benzene rings is 2. The van der Waals surface area contributed by atoms with Gasteiger partial charge in [-0.05, 0) is 54.8 Å². The SMILES string of the molecule is COC1=CCC(c2c(O)c3c(c(C4C=CC(OC)=CC4)c2O)OC(c2ccc(OC)c(O)c2)CC3=O)C=C1. The van der Waals surface area contributed by atoms with Crippen LogP contribution in [0.15, 0.2) is 66.2 Å². The molecule has 8 nitrogen and oxygen atoms in total. The molecule has 198 valence electrons. The van der Waals surface area contributed by atoms with E-state index in [0.29, 0.717) is 41.2 Å². The number of fused-ring (bicyclic) bond motifs is 1. The lowest BCUT2D eigenvalue weighted by molar-refractivity contribution is 0.0840. The van der Waals surface area contributed by atoms with Crippen molar-refractivity contribution < 1.29 is 39.1 Å². The van der Waals surface area contributed by atoms with E-state index in [1.54, 1.807) is 32.4 Å². The summed E-state index contributed by atoms with van der Waals surface area (Å²) in [5.74, 6) is 0.378. The minimum atomic E-state index is -0.727. The van der Waals surface area contributed by atoms with Gasteiger partial charge in [-0.3, -0.25) is 4.79 Å². The van der Waals surface area contributed by atoms with Gasteiger partial charge in [0.05, 0.1) is 27.8 Å². The quantitative estimate of drug-likeness (QED) is 0.448. The summed E-state index contributed by atoms with van der Waals surface area (Å²) >= 11 is 0. The van der Waals surface area contributed by atoms with Crippen molar-refractivity contribution in [1.82, 2.24) is 0 Å². The van der Waals surface area contributed by atoms with E-state index in [4.69, 9.17) is 18.9 Å². The summed E-state index contributed by atoms with van der Waals surface area (Å²) in [5.41, 5.74) is 1.35. The lowest BCUT2D eigenvalue weighted by Crippen LogP contribution is -2.23. The normalized spacial score (nSPS) is 22.2. The maximum atomic E-state index is 13.6. The number of carbonyl (C=O) groups excluding carboxylic acids is 1. The van der Waals surface area contributed by atoms with Crippen LogP contribution < -0.4 is 9.47 Å². The number of phenolic OH excluding ortho intramolecular Hbond substituents is 3. The standard InChI is InChI=1S/C30H30O8/c1-35-19-9-4-16(5-10-19)25-28(33)26(17-6-11-20(36-2)12-7-17)30-27(29(25)34)22(32)15-24(38-30)18-8-13-23(37-3)21(31)14-18/h4,6,8-14,16-17,24,31,33-34H,5,7,15H2,1-3H3. The largest absolute Gasteiger partial charge is 0.507 e. The fraction of sp³-hybridized carbons (Fsp3) is 0.300. The van der Waals surface area contributed by atoms with E-state index in [9.17, 15) is 20.1 Å². The molecule has 2 aromatic rings. The number of ketones is 1. The first-order valence-electron chi connectivity index (χ1n) is 12.4. The van der Waals surface area contributed by atoms with Gasteiger partial charge in [-0.1, -0.05) is 18.2 Å². The van der Waals surface area contributed by atoms with Crippen LogP contribution in [0.25, 0.3) is 0 Å². The second-order valence-corrected chi connectivity index (χ2v) is 9.42. The number of carbonyl (C=O) groups is 1. The Labute approximate surface area is 220 Å². The van der Waals surface area contributed by atoms with Crippen LogP contribution in [0.4, 0.5) is 0 Å². The first kappa shape index (κ1) is 25.3. The third-order valence-corrected chi connectivity index (χ3v) is 7.30. The number of Topliss-reactive ketones (excluding diaryl/α,β-unsaturated/α-hetero) is 1. The molecule has 2 aliphatic carbocycles. The number of phenols is 3. The van der Waals surface area contributed by atoms with Gasteiger partial charge in [0.15, 0.2) is 17.3 Å². The van der Waals surface area contributed by atoms with Crippen LogP contribution in [-0.2, 0) is 9.47 Å². The highest BCUT2D eigenvalue weighted by Crippen LogP contribution is 2.54. The van der Waals surface area contributed by atoms with Crippen molar-refractivity contribution in [2.75, 3.05) is 21.3 Å². The molecular weight excluding hydrogens is 488 g/mol. The van der Waals surface area contributed by atoms with Crippen molar-refractivity contribution in [3.63, 3.8) is 0 Å². The topological polar surface area (TPSA) is 115 Å². The molecule has 0 saturated carbocycles. The predicted molar refractivity (Wildman–Crippen MR) is 140 cm³/mol. The molecule has 0 bridgehead atoms. The second-order valence-electron chi connectivity index (χ2n) is 9.42. The van der Waals surface area contributed by atoms with E-state index in [1.807, 2.05) is 30.4 Å². The third-order valence-electron chi connectivity index (χ3n) is 7.30. The molecule has 3 unspecified atom stereocenters. The van der Waals surface area contributed by atoms with Crippen LogP contribution in [0, 0.1) is 0 Å². The number of hydrogen-bond acceptors (Lipinski definition) is 8. The average Bonchev–Trinajstić information content (AvgIpc) is 2.93. The van der Waals surface area contributed by atoms with Crippen LogP contribution in [0.2, 0.25) is 0 Å². The monoisotopic (exact) mass is 518 g/mol. The van der Waals surface area contributed by atoms with Gasteiger partial charge in [0.25, 0.3) is 0 Å². The van der Waals surface area contributed by atoms with Crippen molar-refractivity contribution in [2.45, 2.75) is 37.2 Å². The lowest BCUT2D eigenvalue weighted by Gasteiger charge is -2.33. The van der Waals surface area contributed by atoms with E-state index in [2.05, 4.69) is 0 Å².